The third-order valence-electron chi connectivity index (χ3n) is 11.2. The van der Waals surface area contributed by atoms with Crippen LogP contribution in [0.1, 0.15) is 72.2 Å². The van der Waals surface area contributed by atoms with Gasteiger partial charge >= 0.3 is 10.2 Å². The number of nitrogens with one attached hydrogen (secondary N) is 1. The molecule has 4 bridgehead atoms. The van der Waals surface area contributed by atoms with E-state index in [-0.39, 0.29) is 107 Å². The first-order chi connectivity index (χ1) is 31.5. The lowest BCUT2D eigenvalue weighted by Gasteiger charge is -2.40. The molecule has 1 aliphatic heterocycles. The normalized spacial score (nSPS) is 17.7. The van der Waals surface area contributed by atoms with Crippen molar-refractivity contribution in [2.24, 2.45) is 29.0 Å². The molecule has 2 heterocycles. The molecule has 1 aliphatic rings. The number of aryl methyl sites for hydroxylation is 1. The van der Waals surface area contributed by atoms with Crippen molar-refractivity contribution in [1.82, 2.24) is 20.2 Å². The van der Waals surface area contributed by atoms with Crippen LogP contribution < -0.4 is 32.0 Å². The summed E-state index contributed by atoms with van der Waals surface area (Å²) in [6.07, 6.45) is 0.109. The second-order valence-electron chi connectivity index (χ2n) is 16.3. The second-order valence-corrected chi connectivity index (χ2v) is 18.7. The number of amides is 2. The van der Waals surface area contributed by atoms with Gasteiger partial charge < -0.3 is 36.9 Å². The highest BCUT2D eigenvalue weighted by atomic mass is 32.5. The van der Waals surface area contributed by atoms with Crippen LogP contribution >= 0.6 is 23.7 Å². The molecule has 0 spiro atoms. The Kier molecular flexibility index (Phi) is 17.6. The Hall–Kier alpha value is -5.99. The molecule has 0 saturated carbocycles. The number of carbonyl (C=O) groups excluding carboxylic acids is 5. The number of hydrogen-bond donors (Lipinski definition) is 4. The number of benzene rings is 3. The Balaban J connectivity index is 0.0000101. The number of hydrogen-bond acceptors (Lipinski definition) is 13. The lowest BCUT2D eigenvalue weighted by molar-refractivity contribution is -0.142. The number of ether oxygens (including phenoxy) is 2. The summed E-state index contributed by atoms with van der Waals surface area (Å²) in [7, 11) is -8.55. The van der Waals surface area contributed by atoms with Gasteiger partial charge in [0.15, 0.2) is 23.2 Å². The smallest absolute Gasteiger partial charge is 0.310 e. The summed E-state index contributed by atoms with van der Waals surface area (Å²) in [4.78, 5) is 77.8. The van der Waals surface area contributed by atoms with Crippen LogP contribution in [0.25, 0.3) is 22.5 Å². The minimum absolute atomic E-state index is 0. The number of nitrogens with zero attached hydrogens (tertiary/aromatic N) is 4. The van der Waals surface area contributed by atoms with E-state index in [1.165, 1.54) is 25.8 Å². The number of Topliss-reactive ketones (excluding diaryl/α,β-unsaturated/α-hetero) is 3. The number of nitrogens with two attached hydrogens (primary N) is 3. The van der Waals surface area contributed by atoms with Gasteiger partial charge in [0.25, 0.3) is 0 Å². The summed E-state index contributed by atoms with van der Waals surface area (Å²) in [6, 6.07) is 11.6. The summed E-state index contributed by atoms with van der Waals surface area (Å²) >= 11 is 0. The Bertz CT molecular complexity index is 2570. The Morgan fingerprint density at radius 3 is 2.10 bits per heavy atom. The molecule has 0 fully saturated rings. The van der Waals surface area contributed by atoms with E-state index in [2.05, 4.69) is 15.3 Å². The number of aromatic nitrogens is 2. The molecule has 4 aromatic rings. The number of likely N-dealkylation sites (N-methyl/N-ethyl adjacent to an activating group) is 1. The molecule has 1 aromatic heterocycles. The first kappa shape index (κ1) is 54.6. The van der Waals surface area contributed by atoms with E-state index in [1.807, 2.05) is 6.07 Å². The molecule has 15 nitrogen and oxygen atoms in total. The van der Waals surface area contributed by atoms with E-state index in [1.54, 1.807) is 36.4 Å². The molecule has 2 amide bonds. The standard InChI is InChI=1S/C46H53F5N8O7S.H2S/c1-27-21-40(62)43(59(3)46(64)32(14-16-53)25-39(61)36-26-56-44(57-28(36)2)30-7-10-33(11-8-30)67(47,48,49,50)51)31-9-13-42(66-20-18-55)35(24-31)34-22-29(6-12-41(34)65-19-17-54)23-37(58-45(27)63)38(60)5-4-15-52;/h6-13,22,24,26-27,32,37,43H,4-5,14,16-21,23,25,53-55H2,1-3H3,(H,58,63);1H2/t27-,32-,37+,43+;/m1./s1. The van der Waals surface area contributed by atoms with Crippen molar-refractivity contribution in [3.05, 3.63) is 89.2 Å². The van der Waals surface area contributed by atoms with Gasteiger partial charge in [-0.05, 0) is 86.0 Å². The summed E-state index contributed by atoms with van der Waals surface area (Å²) in [5.74, 6) is -4.37. The third-order valence-corrected chi connectivity index (χ3v) is 12.3. The van der Waals surface area contributed by atoms with Crippen LogP contribution in [-0.2, 0) is 25.6 Å². The number of ketones is 3. The van der Waals surface area contributed by atoms with Crippen LogP contribution in [0.2, 0.25) is 0 Å². The topological polar surface area (TPSA) is 247 Å². The first-order valence-electron chi connectivity index (χ1n) is 21.3. The van der Waals surface area contributed by atoms with Crippen LogP contribution in [0.4, 0.5) is 19.4 Å². The van der Waals surface area contributed by atoms with Crippen molar-refractivity contribution in [1.29, 1.82) is 5.26 Å². The fourth-order valence-corrected chi connectivity index (χ4v) is 8.37. The highest BCUT2D eigenvalue weighted by molar-refractivity contribution is 8.45. The van der Waals surface area contributed by atoms with Crippen molar-refractivity contribution in [3.63, 3.8) is 0 Å². The van der Waals surface area contributed by atoms with Crippen molar-refractivity contribution < 1.29 is 52.9 Å². The molecule has 7 N–H and O–H groups in total. The van der Waals surface area contributed by atoms with Gasteiger partial charge in [-0.2, -0.15) is 18.8 Å². The average molecular weight is 991 g/mol. The molecule has 0 unspecified atom stereocenters. The van der Waals surface area contributed by atoms with Gasteiger partial charge in [-0.3, -0.25) is 24.0 Å². The van der Waals surface area contributed by atoms with Crippen molar-refractivity contribution >= 4 is 52.9 Å². The minimum atomic E-state index is -9.93. The number of fused-ring (bicyclic) bond motifs is 5. The molecule has 4 atom stereocenters. The number of rotatable bonds is 18. The van der Waals surface area contributed by atoms with Crippen LogP contribution in [0.3, 0.4) is 0 Å². The summed E-state index contributed by atoms with van der Waals surface area (Å²) in [6.45, 7) is 3.43. The van der Waals surface area contributed by atoms with Crippen molar-refractivity contribution in [2.75, 3.05) is 39.9 Å². The predicted molar refractivity (Wildman–Crippen MR) is 251 cm³/mol. The maximum absolute atomic E-state index is 14.6. The van der Waals surface area contributed by atoms with Crippen molar-refractivity contribution in [2.45, 2.75) is 69.4 Å². The second kappa shape index (κ2) is 22.0. The zero-order valence-corrected chi connectivity index (χ0v) is 39.4. The Morgan fingerprint density at radius 2 is 1.53 bits per heavy atom. The highest BCUT2D eigenvalue weighted by Gasteiger charge is 2.65. The highest BCUT2D eigenvalue weighted by Crippen LogP contribution is 3.02. The van der Waals surface area contributed by atoms with E-state index in [0.717, 1.165) is 18.3 Å². The summed E-state index contributed by atoms with van der Waals surface area (Å²) in [5, 5.41) is 12.0. The monoisotopic (exact) mass is 990 g/mol. The number of carbonyl (C=O) groups is 5. The SMILES string of the molecule is Cc1nc(-c2ccc(S(F)(F)(F)(F)F)cc2)ncc1C(=O)C[C@@H](CCN)C(=O)N(C)[C@@H]1C(=O)C[C@@H](C)C(=O)N[C@H](C(=O)CCC#N)Cc2ccc(OCCN)c(c2)-c2cc1ccc2OCCN.S. The van der Waals surface area contributed by atoms with E-state index in [4.69, 9.17) is 26.7 Å². The molecule has 0 radical (unpaired) electrons. The largest absolute Gasteiger partial charge is 0.492 e. The summed E-state index contributed by atoms with van der Waals surface area (Å²) < 4.78 is 78.7. The molecule has 68 heavy (non-hydrogen) atoms. The van der Waals surface area contributed by atoms with Gasteiger partial charge in [0.1, 0.15) is 35.7 Å². The van der Waals surface area contributed by atoms with Crippen LogP contribution in [0.5, 0.6) is 11.5 Å². The molecule has 368 valence electrons. The fourth-order valence-electron chi connectivity index (χ4n) is 7.72. The quantitative estimate of drug-likeness (QED) is 0.0592. The van der Waals surface area contributed by atoms with Gasteiger partial charge in [0.2, 0.25) is 11.8 Å². The van der Waals surface area contributed by atoms with Gasteiger partial charge in [-0.15, -0.1) is 0 Å². The zero-order chi connectivity index (χ0) is 49.3. The average Bonchev–Trinajstić information content (AvgIpc) is 3.28. The molecule has 0 saturated heterocycles. The van der Waals surface area contributed by atoms with Gasteiger partial charge in [-0.1, -0.05) is 38.5 Å². The maximum Gasteiger partial charge on any atom is 0.310 e. The number of halogens is 5. The first-order valence-corrected chi connectivity index (χ1v) is 23.3. The molecule has 0 aliphatic carbocycles. The predicted octanol–water partition coefficient (Wildman–Crippen LogP) is 6.81. The Morgan fingerprint density at radius 1 is 0.912 bits per heavy atom. The van der Waals surface area contributed by atoms with Crippen LogP contribution in [0, 0.1) is 30.1 Å². The van der Waals surface area contributed by atoms with E-state index < -0.39 is 81.0 Å². The van der Waals surface area contributed by atoms with E-state index in [0.29, 0.717) is 33.8 Å². The Labute approximate surface area is 397 Å². The zero-order valence-electron chi connectivity index (χ0n) is 37.6. The number of nitriles is 1. The van der Waals surface area contributed by atoms with Gasteiger partial charge in [0, 0.05) is 80.5 Å². The van der Waals surface area contributed by atoms with E-state index in [9.17, 15) is 48.7 Å². The molecular formula is C46H55F5N8O7S2. The van der Waals surface area contributed by atoms with Crippen LogP contribution in [-0.4, -0.2) is 90.0 Å². The molecule has 22 heteroatoms. The van der Waals surface area contributed by atoms with Crippen molar-refractivity contribution in [3.8, 4) is 40.1 Å². The molecule has 3 aromatic carbocycles. The maximum atomic E-state index is 14.6. The van der Waals surface area contributed by atoms with Crippen LogP contribution in [0.15, 0.2) is 71.8 Å². The van der Waals surface area contributed by atoms with E-state index >= 15 is 0 Å². The molecule has 5 rings (SSSR count). The minimum Gasteiger partial charge on any atom is -0.492 e. The fraction of sp³-hybridized carbons (Fsp3) is 0.391. The van der Waals surface area contributed by atoms with Gasteiger partial charge in [-0.25, -0.2) is 9.97 Å². The lowest BCUT2D eigenvalue weighted by Crippen LogP contribution is -2.46. The summed E-state index contributed by atoms with van der Waals surface area (Å²) in [5.41, 5.74) is 19.4. The third kappa shape index (κ3) is 13.6. The molecular weight excluding hydrogens is 936 g/mol. The van der Waals surface area contributed by atoms with Gasteiger partial charge in [0.05, 0.1) is 23.4 Å². The lowest BCUT2D eigenvalue weighted by atomic mass is 9.88.